The van der Waals surface area contributed by atoms with Gasteiger partial charge in [0.05, 0.1) is 0 Å². The maximum Gasteiger partial charge on any atom is 0.387 e. The number of nitrogens with zero attached hydrogens (tertiary/aromatic N) is 1. The van der Waals surface area contributed by atoms with Gasteiger partial charge in [-0.1, -0.05) is 18.2 Å². The van der Waals surface area contributed by atoms with Gasteiger partial charge in [0.25, 0.3) is 0 Å². The molecule has 3 nitrogen and oxygen atoms in total. The maximum atomic E-state index is 12.4. The van der Waals surface area contributed by atoms with Gasteiger partial charge in [0.2, 0.25) is 0 Å². The van der Waals surface area contributed by atoms with E-state index in [2.05, 4.69) is 28.8 Å². The molecule has 1 aliphatic heterocycles. The minimum atomic E-state index is -2.78. The third-order valence-electron chi connectivity index (χ3n) is 3.23. The van der Waals surface area contributed by atoms with Gasteiger partial charge in [-0.3, -0.25) is 4.90 Å². The Morgan fingerprint density at radius 3 is 2.79 bits per heavy atom. The summed E-state index contributed by atoms with van der Waals surface area (Å²) in [7, 11) is 0. The number of hydrogen-bond acceptors (Lipinski definition) is 3. The Hall–Kier alpha value is -1.20. The fraction of sp³-hybridized carbons (Fsp3) is 0.571. The molecule has 0 saturated carbocycles. The van der Waals surface area contributed by atoms with E-state index in [4.69, 9.17) is 0 Å². The summed E-state index contributed by atoms with van der Waals surface area (Å²) in [4.78, 5) is 2.25. The first kappa shape index (κ1) is 14.2. The lowest BCUT2D eigenvalue weighted by Gasteiger charge is -2.39. The predicted octanol–water partition coefficient (Wildman–Crippen LogP) is 2.47. The van der Waals surface area contributed by atoms with Crippen LogP contribution >= 0.6 is 0 Å². The van der Waals surface area contributed by atoms with Crippen molar-refractivity contribution in [3.8, 4) is 5.75 Å². The monoisotopic (exact) mass is 270 g/mol. The van der Waals surface area contributed by atoms with Crippen LogP contribution in [0.15, 0.2) is 24.3 Å². The van der Waals surface area contributed by atoms with E-state index in [1.54, 1.807) is 12.1 Å². The summed E-state index contributed by atoms with van der Waals surface area (Å²) in [5.74, 6) is 0.272. The molecule has 0 aromatic heterocycles. The highest BCUT2D eigenvalue weighted by atomic mass is 19.3. The van der Waals surface area contributed by atoms with E-state index in [9.17, 15) is 8.78 Å². The van der Waals surface area contributed by atoms with Gasteiger partial charge in [0, 0.05) is 37.3 Å². The zero-order valence-electron chi connectivity index (χ0n) is 11.3. The standard InChI is InChI=1S/C14H20F2N2O/c1-14(2)10-18(8-7-17-14)9-11-5-3-4-6-12(11)19-13(15)16/h3-6,13,17H,7-10H2,1-2H3. The summed E-state index contributed by atoms with van der Waals surface area (Å²) >= 11 is 0. The summed E-state index contributed by atoms with van der Waals surface area (Å²) in [5, 5.41) is 3.43. The van der Waals surface area contributed by atoms with E-state index < -0.39 is 6.61 Å². The largest absolute Gasteiger partial charge is 0.434 e. The van der Waals surface area contributed by atoms with E-state index in [-0.39, 0.29) is 11.3 Å². The Balaban J connectivity index is 2.06. The third kappa shape index (κ3) is 4.14. The van der Waals surface area contributed by atoms with E-state index in [0.29, 0.717) is 6.54 Å². The number of halogens is 2. The molecule has 0 bridgehead atoms. The van der Waals surface area contributed by atoms with Crippen molar-refractivity contribution in [2.45, 2.75) is 32.5 Å². The molecule has 0 unspecified atom stereocenters. The molecule has 1 heterocycles. The minimum Gasteiger partial charge on any atom is -0.434 e. The van der Waals surface area contributed by atoms with E-state index in [0.717, 1.165) is 25.2 Å². The van der Waals surface area contributed by atoms with E-state index in [1.165, 1.54) is 0 Å². The summed E-state index contributed by atoms with van der Waals surface area (Å²) in [6.45, 7) is 4.84. The Morgan fingerprint density at radius 1 is 1.37 bits per heavy atom. The Kier molecular flexibility index (Phi) is 4.37. The second kappa shape index (κ2) is 5.84. The lowest BCUT2D eigenvalue weighted by atomic mass is 10.0. The number of hydrogen-bond donors (Lipinski definition) is 1. The number of nitrogens with one attached hydrogen (secondary N) is 1. The molecule has 19 heavy (non-hydrogen) atoms. The normalized spacial score (nSPS) is 19.6. The van der Waals surface area contributed by atoms with Crippen molar-refractivity contribution in [1.82, 2.24) is 10.2 Å². The quantitative estimate of drug-likeness (QED) is 0.909. The number of para-hydroxylation sites is 1. The zero-order chi connectivity index (χ0) is 13.9. The van der Waals surface area contributed by atoms with Crippen molar-refractivity contribution in [2.75, 3.05) is 19.6 Å². The van der Waals surface area contributed by atoms with Gasteiger partial charge in [0.1, 0.15) is 5.75 Å². The van der Waals surface area contributed by atoms with Gasteiger partial charge in [-0.05, 0) is 19.9 Å². The second-order valence-electron chi connectivity index (χ2n) is 5.51. The Labute approximate surface area is 112 Å². The highest BCUT2D eigenvalue weighted by Gasteiger charge is 2.26. The maximum absolute atomic E-state index is 12.4. The number of ether oxygens (including phenoxy) is 1. The van der Waals surface area contributed by atoms with E-state index in [1.807, 2.05) is 12.1 Å². The molecule has 1 saturated heterocycles. The van der Waals surface area contributed by atoms with Gasteiger partial charge < -0.3 is 10.1 Å². The number of piperazine rings is 1. The molecule has 1 aliphatic rings. The average Bonchev–Trinajstić information content (AvgIpc) is 2.30. The van der Waals surface area contributed by atoms with Crippen molar-refractivity contribution in [2.24, 2.45) is 0 Å². The van der Waals surface area contributed by atoms with Gasteiger partial charge >= 0.3 is 6.61 Å². The SMILES string of the molecule is CC1(C)CN(Cc2ccccc2OC(F)F)CCN1. The molecule has 2 rings (SSSR count). The second-order valence-corrected chi connectivity index (χ2v) is 5.51. The lowest BCUT2D eigenvalue weighted by Crippen LogP contribution is -2.56. The first-order chi connectivity index (χ1) is 8.96. The Morgan fingerprint density at radius 2 is 2.11 bits per heavy atom. The van der Waals surface area contributed by atoms with Crippen LogP contribution in [0.2, 0.25) is 0 Å². The zero-order valence-corrected chi connectivity index (χ0v) is 11.3. The van der Waals surface area contributed by atoms with Crippen LogP contribution in [-0.2, 0) is 6.54 Å². The molecule has 106 valence electrons. The molecule has 1 N–H and O–H groups in total. The molecule has 0 amide bonds. The fourth-order valence-electron chi connectivity index (χ4n) is 2.47. The molecule has 5 heteroatoms. The van der Waals surface area contributed by atoms with Gasteiger partial charge in [-0.2, -0.15) is 8.78 Å². The topological polar surface area (TPSA) is 24.5 Å². The fourth-order valence-corrected chi connectivity index (χ4v) is 2.47. The van der Waals surface area contributed by atoms with Crippen molar-refractivity contribution in [3.05, 3.63) is 29.8 Å². The molecule has 1 fully saturated rings. The molecule has 0 radical (unpaired) electrons. The lowest BCUT2D eigenvalue weighted by molar-refractivity contribution is -0.0509. The summed E-state index contributed by atoms with van der Waals surface area (Å²) in [6, 6.07) is 6.99. The molecule has 1 aromatic carbocycles. The smallest absolute Gasteiger partial charge is 0.387 e. The molecular weight excluding hydrogens is 250 g/mol. The summed E-state index contributed by atoms with van der Waals surface area (Å²) in [5.41, 5.74) is 0.858. The number of rotatable bonds is 4. The average molecular weight is 270 g/mol. The van der Waals surface area contributed by atoms with Crippen molar-refractivity contribution < 1.29 is 13.5 Å². The van der Waals surface area contributed by atoms with Crippen LogP contribution in [-0.4, -0.2) is 36.7 Å². The number of alkyl halides is 2. The van der Waals surface area contributed by atoms with Gasteiger partial charge in [0.15, 0.2) is 0 Å². The first-order valence-electron chi connectivity index (χ1n) is 6.46. The van der Waals surface area contributed by atoms with Crippen molar-refractivity contribution >= 4 is 0 Å². The van der Waals surface area contributed by atoms with Gasteiger partial charge in [-0.25, -0.2) is 0 Å². The first-order valence-corrected chi connectivity index (χ1v) is 6.46. The third-order valence-corrected chi connectivity index (χ3v) is 3.23. The molecule has 1 aromatic rings. The van der Waals surface area contributed by atoms with Crippen LogP contribution < -0.4 is 10.1 Å². The molecular formula is C14H20F2N2O. The summed E-state index contributed by atoms with van der Waals surface area (Å²) < 4.78 is 29.3. The Bertz CT molecular complexity index is 424. The van der Waals surface area contributed by atoms with Crippen LogP contribution in [0.4, 0.5) is 8.78 Å². The molecule has 0 atom stereocenters. The van der Waals surface area contributed by atoms with Crippen molar-refractivity contribution in [1.29, 1.82) is 0 Å². The van der Waals surface area contributed by atoms with Crippen LogP contribution in [0, 0.1) is 0 Å². The van der Waals surface area contributed by atoms with Crippen LogP contribution in [0.1, 0.15) is 19.4 Å². The molecule has 0 spiro atoms. The van der Waals surface area contributed by atoms with Crippen LogP contribution in [0.25, 0.3) is 0 Å². The number of benzene rings is 1. The molecule has 0 aliphatic carbocycles. The summed E-state index contributed by atoms with van der Waals surface area (Å²) in [6.07, 6.45) is 0. The van der Waals surface area contributed by atoms with Crippen LogP contribution in [0.5, 0.6) is 5.75 Å². The predicted molar refractivity (Wildman–Crippen MR) is 70.4 cm³/mol. The van der Waals surface area contributed by atoms with Crippen LogP contribution in [0.3, 0.4) is 0 Å². The van der Waals surface area contributed by atoms with Crippen molar-refractivity contribution in [3.63, 3.8) is 0 Å². The minimum absolute atomic E-state index is 0.0523. The highest BCUT2D eigenvalue weighted by molar-refractivity contribution is 5.33. The van der Waals surface area contributed by atoms with Gasteiger partial charge in [-0.15, -0.1) is 0 Å². The van der Waals surface area contributed by atoms with E-state index >= 15 is 0 Å². The highest BCUT2D eigenvalue weighted by Crippen LogP contribution is 2.23.